The molecule has 0 aliphatic rings. The molecule has 4 N–H and O–H groups in total. The highest BCUT2D eigenvalue weighted by Gasteiger charge is 2.09. The third kappa shape index (κ3) is 3.70. The molecular formula is C20H14ClN3O4. The molecule has 0 radical (unpaired) electrons. The second-order valence-electron chi connectivity index (χ2n) is 5.93. The summed E-state index contributed by atoms with van der Waals surface area (Å²) >= 11 is 5.79. The topological polar surface area (TPSA) is 110 Å². The molecule has 28 heavy (non-hydrogen) atoms. The third-order valence-corrected chi connectivity index (χ3v) is 4.27. The van der Waals surface area contributed by atoms with Crippen molar-refractivity contribution in [1.82, 2.24) is 9.97 Å². The Hall–Kier alpha value is -3.71. The van der Waals surface area contributed by atoms with Gasteiger partial charge in [-0.3, -0.25) is 0 Å². The summed E-state index contributed by atoms with van der Waals surface area (Å²) in [4.78, 5) is 18.6. The van der Waals surface area contributed by atoms with Gasteiger partial charge in [0.05, 0.1) is 16.1 Å². The van der Waals surface area contributed by atoms with Crippen molar-refractivity contribution < 1.29 is 19.4 Å². The minimum absolute atomic E-state index is 0.0438. The lowest BCUT2D eigenvalue weighted by Crippen LogP contribution is -2.16. The molecule has 0 aliphatic heterocycles. The number of halogens is 1. The minimum atomic E-state index is -0.872. The van der Waals surface area contributed by atoms with Gasteiger partial charge < -0.3 is 25.3 Å². The summed E-state index contributed by atoms with van der Waals surface area (Å²) < 4.78 is 10.6. The fraction of sp³-hybridized carbons (Fsp3) is 0. The zero-order valence-corrected chi connectivity index (χ0v) is 15.1. The highest BCUT2D eigenvalue weighted by molar-refractivity contribution is 6.32. The predicted octanol–water partition coefficient (Wildman–Crippen LogP) is 4.84. The van der Waals surface area contributed by atoms with Crippen molar-refractivity contribution in [1.29, 1.82) is 0 Å². The number of phenols is 1. The molecule has 1 aromatic heterocycles. The van der Waals surface area contributed by atoms with Crippen LogP contribution in [0.25, 0.3) is 22.4 Å². The number of ether oxygens (including phenoxy) is 2. The number of nitrogens with one attached hydrogen (secondary N) is 1. The molecule has 7 nitrogen and oxygen atoms in total. The molecule has 0 saturated carbocycles. The van der Waals surface area contributed by atoms with E-state index in [4.69, 9.17) is 26.8 Å². The molecule has 0 spiro atoms. The number of nitrogens with two attached hydrogens (primary N) is 1. The number of carbonyl (C=O) groups excluding carboxylic acids is 1. The molecule has 140 valence electrons. The van der Waals surface area contributed by atoms with E-state index < -0.39 is 6.09 Å². The van der Waals surface area contributed by atoms with Crippen LogP contribution in [0.4, 0.5) is 4.79 Å². The number of phenolic OH excluding ortho intramolecular Hbond substituents is 1. The first-order valence-corrected chi connectivity index (χ1v) is 8.59. The maximum Gasteiger partial charge on any atom is 0.409 e. The van der Waals surface area contributed by atoms with Crippen LogP contribution in [-0.2, 0) is 0 Å². The third-order valence-electron chi connectivity index (χ3n) is 3.95. The van der Waals surface area contributed by atoms with Crippen LogP contribution in [0.3, 0.4) is 0 Å². The van der Waals surface area contributed by atoms with E-state index in [1.807, 2.05) is 12.1 Å². The van der Waals surface area contributed by atoms with Gasteiger partial charge >= 0.3 is 6.09 Å². The van der Waals surface area contributed by atoms with E-state index in [1.54, 1.807) is 42.5 Å². The van der Waals surface area contributed by atoms with E-state index in [9.17, 15) is 9.90 Å². The van der Waals surface area contributed by atoms with Crippen molar-refractivity contribution >= 4 is 28.7 Å². The average molecular weight is 396 g/mol. The van der Waals surface area contributed by atoms with E-state index in [0.29, 0.717) is 28.6 Å². The summed E-state index contributed by atoms with van der Waals surface area (Å²) in [7, 11) is 0. The second kappa shape index (κ2) is 7.13. The minimum Gasteiger partial charge on any atom is -0.506 e. The summed E-state index contributed by atoms with van der Waals surface area (Å²) in [5.41, 5.74) is 7.32. The number of rotatable bonds is 4. The number of hydrogen-bond donors (Lipinski definition) is 3. The number of hydrogen-bond acceptors (Lipinski definition) is 5. The Bertz CT molecular complexity index is 1170. The van der Waals surface area contributed by atoms with Crippen molar-refractivity contribution in [2.45, 2.75) is 0 Å². The Labute approximate surface area is 164 Å². The number of fused-ring (bicyclic) bond motifs is 1. The molecule has 0 atom stereocenters. The van der Waals surface area contributed by atoms with Gasteiger partial charge in [-0.1, -0.05) is 11.6 Å². The molecule has 0 bridgehead atoms. The van der Waals surface area contributed by atoms with Gasteiger partial charge in [0.1, 0.15) is 28.8 Å². The number of aromatic nitrogens is 2. The Kier molecular flexibility index (Phi) is 4.50. The Morgan fingerprint density at radius 3 is 2.43 bits per heavy atom. The summed E-state index contributed by atoms with van der Waals surface area (Å²) in [5.74, 6) is 2.02. The van der Waals surface area contributed by atoms with Crippen molar-refractivity contribution in [3.63, 3.8) is 0 Å². The second-order valence-corrected chi connectivity index (χ2v) is 6.33. The first kappa shape index (κ1) is 17.7. The van der Waals surface area contributed by atoms with E-state index in [1.165, 1.54) is 6.07 Å². The number of H-pyrrole nitrogens is 1. The molecular weight excluding hydrogens is 382 g/mol. The number of amides is 1. The Balaban J connectivity index is 1.56. The Morgan fingerprint density at radius 1 is 1.00 bits per heavy atom. The number of aromatic hydroxyl groups is 1. The maximum atomic E-state index is 10.9. The predicted molar refractivity (Wildman–Crippen MR) is 105 cm³/mol. The highest BCUT2D eigenvalue weighted by Crippen LogP contribution is 2.31. The molecule has 1 heterocycles. The van der Waals surface area contributed by atoms with Gasteiger partial charge in [0.2, 0.25) is 0 Å². The molecule has 3 aromatic carbocycles. The Morgan fingerprint density at radius 2 is 1.71 bits per heavy atom. The first-order chi connectivity index (χ1) is 13.5. The molecule has 4 rings (SSSR count). The molecule has 1 amide bonds. The quantitative estimate of drug-likeness (QED) is 0.458. The van der Waals surface area contributed by atoms with Crippen molar-refractivity contribution in [2.75, 3.05) is 0 Å². The van der Waals surface area contributed by atoms with Crippen LogP contribution in [0.15, 0.2) is 60.7 Å². The van der Waals surface area contributed by atoms with Crippen molar-refractivity contribution in [3.8, 4) is 34.4 Å². The smallest absolute Gasteiger partial charge is 0.409 e. The lowest BCUT2D eigenvalue weighted by molar-refractivity contribution is 0.211. The van der Waals surface area contributed by atoms with Crippen molar-refractivity contribution in [2.24, 2.45) is 5.73 Å². The SMILES string of the molecule is NC(=O)Oc1ccc2nc(-c3ccc(Oc4ccc(Cl)c(O)c4)cc3)[nH]c2c1. The van der Waals surface area contributed by atoms with Crippen LogP contribution in [0.2, 0.25) is 5.02 Å². The zero-order chi connectivity index (χ0) is 19.7. The number of benzene rings is 3. The largest absolute Gasteiger partial charge is 0.506 e. The molecule has 0 saturated heterocycles. The number of imidazole rings is 1. The summed E-state index contributed by atoms with van der Waals surface area (Å²) in [6.45, 7) is 0. The number of carbonyl (C=O) groups is 1. The summed E-state index contributed by atoms with van der Waals surface area (Å²) in [6.07, 6.45) is -0.872. The van der Waals surface area contributed by atoms with E-state index >= 15 is 0 Å². The molecule has 0 aliphatic carbocycles. The van der Waals surface area contributed by atoms with Crippen LogP contribution >= 0.6 is 11.6 Å². The lowest BCUT2D eigenvalue weighted by atomic mass is 10.2. The van der Waals surface area contributed by atoms with E-state index in [0.717, 1.165) is 11.1 Å². The average Bonchev–Trinajstić information content (AvgIpc) is 3.08. The lowest BCUT2D eigenvalue weighted by Gasteiger charge is -2.07. The highest BCUT2D eigenvalue weighted by atomic mass is 35.5. The number of aromatic amines is 1. The fourth-order valence-corrected chi connectivity index (χ4v) is 2.80. The van der Waals surface area contributed by atoms with E-state index in [-0.39, 0.29) is 10.8 Å². The number of nitrogens with zero attached hydrogens (tertiary/aromatic N) is 1. The van der Waals surface area contributed by atoms with Crippen LogP contribution < -0.4 is 15.2 Å². The molecule has 0 fully saturated rings. The zero-order valence-electron chi connectivity index (χ0n) is 14.3. The van der Waals surface area contributed by atoms with Crippen LogP contribution in [0.5, 0.6) is 23.0 Å². The molecule has 4 aromatic rings. The van der Waals surface area contributed by atoms with Gasteiger partial charge in [0.15, 0.2) is 0 Å². The summed E-state index contributed by atoms with van der Waals surface area (Å²) in [5, 5.41) is 9.91. The van der Waals surface area contributed by atoms with Gasteiger partial charge in [0.25, 0.3) is 0 Å². The normalized spacial score (nSPS) is 10.8. The molecule has 0 unspecified atom stereocenters. The fourth-order valence-electron chi connectivity index (χ4n) is 2.68. The first-order valence-electron chi connectivity index (χ1n) is 8.22. The van der Waals surface area contributed by atoms with Gasteiger partial charge in [0, 0.05) is 17.7 Å². The van der Waals surface area contributed by atoms with Crippen molar-refractivity contribution in [3.05, 3.63) is 65.7 Å². The summed E-state index contributed by atoms with van der Waals surface area (Å²) in [6, 6.07) is 17.0. The monoisotopic (exact) mass is 395 g/mol. The van der Waals surface area contributed by atoms with E-state index in [2.05, 4.69) is 9.97 Å². The van der Waals surface area contributed by atoms with Gasteiger partial charge in [-0.15, -0.1) is 0 Å². The van der Waals surface area contributed by atoms with Crippen LogP contribution in [0.1, 0.15) is 0 Å². The standard InChI is InChI=1S/C20H14ClN3O4/c21-15-7-5-14(10-18(15)25)27-12-3-1-11(2-4-12)19-23-16-8-6-13(28-20(22)26)9-17(16)24-19/h1-10,25H,(H2,22,26)(H,23,24). The van der Waals surface area contributed by atoms with Gasteiger partial charge in [-0.05, 0) is 48.5 Å². The van der Waals surface area contributed by atoms with Crippen LogP contribution in [-0.4, -0.2) is 21.2 Å². The van der Waals surface area contributed by atoms with Crippen LogP contribution in [0, 0.1) is 0 Å². The molecule has 8 heteroatoms. The van der Waals surface area contributed by atoms with Gasteiger partial charge in [-0.2, -0.15) is 0 Å². The number of primary amides is 1. The van der Waals surface area contributed by atoms with Gasteiger partial charge in [-0.25, -0.2) is 9.78 Å². The maximum absolute atomic E-state index is 10.9.